The van der Waals surface area contributed by atoms with Crippen molar-refractivity contribution in [1.29, 1.82) is 0 Å². The third-order valence-corrected chi connectivity index (χ3v) is 2.97. The van der Waals surface area contributed by atoms with Crippen LogP contribution < -0.4 is 5.32 Å². The Morgan fingerprint density at radius 1 is 1.25 bits per heavy atom. The summed E-state index contributed by atoms with van der Waals surface area (Å²) in [5.74, 6) is 0.287. The molecule has 0 bridgehead atoms. The van der Waals surface area contributed by atoms with Crippen LogP contribution in [0.5, 0.6) is 0 Å². The molecule has 0 fully saturated rings. The molecule has 1 amide bonds. The topological polar surface area (TPSA) is 58.6 Å². The summed E-state index contributed by atoms with van der Waals surface area (Å²) in [5.41, 5.74) is 2.56. The lowest BCUT2D eigenvalue weighted by molar-refractivity contribution is 0.0259. The van der Waals surface area contributed by atoms with Crippen molar-refractivity contribution in [3.05, 3.63) is 34.9 Å². The van der Waals surface area contributed by atoms with Gasteiger partial charge in [-0.1, -0.05) is 32.0 Å². The molecule has 0 heterocycles. The number of aliphatic hydroxyl groups is 1. The summed E-state index contributed by atoms with van der Waals surface area (Å²) in [4.78, 5) is 12.1. The van der Waals surface area contributed by atoms with Crippen LogP contribution in [0.4, 0.5) is 0 Å². The highest BCUT2D eigenvalue weighted by atomic mass is 16.5. The fourth-order valence-corrected chi connectivity index (χ4v) is 1.97. The molecular formula is C16H25NO3. The molecule has 4 heteroatoms. The maximum absolute atomic E-state index is 12.1. The van der Waals surface area contributed by atoms with E-state index in [1.165, 1.54) is 0 Å². The van der Waals surface area contributed by atoms with Crippen molar-refractivity contribution in [2.75, 3.05) is 19.8 Å². The zero-order valence-electron chi connectivity index (χ0n) is 12.8. The fourth-order valence-electron chi connectivity index (χ4n) is 1.97. The maximum Gasteiger partial charge on any atom is 0.251 e. The third-order valence-electron chi connectivity index (χ3n) is 2.97. The minimum Gasteiger partial charge on any atom is -0.389 e. The number of amides is 1. The van der Waals surface area contributed by atoms with Crippen molar-refractivity contribution in [1.82, 2.24) is 5.32 Å². The first-order valence-electron chi connectivity index (χ1n) is 7.02. The van der Waals surface area contributed by atoms with Crippen molar-refractivity contribution < 1.29 is 14.6 Å². The molecule has 4 nitrogen and oxygen atoms in total. The van der Waals surface area contributed by atoms with Crippen LogP contribution in [0.3, 0.4) is 0 Å². The molecule has 0 aliphatic heterocycles. The zero-order chi connectivity index (χ0) is 15.1. The number of carbonyl (C=O) groups excluding carboxylic acids is 1. The van der Waals surface area contributed by atoms with Crippen LogP contribution in [-0.2, 0) is 4.74 Å². The van der Waals surface area contributed by atoms with Crippen molar-refractivity contribution in [3.8, 4) is 0 Å². The summed E-state index contributed by atoms with van der Waals surface area (Å²) in [6.45, 7) is 8.97. The van der Waals surface area contributed by atoms with Gasteiger partial charge in [-0.05, 0) is 30.9 Å². The van der Waals surface area contributed by atoms with E-state index in [-0.39, 0.29) is 19.1 Å². The number of hydrogen-bond acceptors (Lipinski definition) is 3. The molecule has 1 unspecified atom stereocenters. The van der Waals surface area contributed by atoms with E-state index in [0.717, 1.165) is 11.1 Å². The summed E-state index contributed by atoms with van der Waals surface area (Å²) >= 11 is 0. The van der Waals surface area contributed by atoms with Crippen molar-refractivity contribution in [2.24, 2.45) is 5.92 Å². The monoisotopic (exact) mass is 279 g/mol. The molecule has 1 aromatic rings. The average molecular weight is 279 g/mol. The van der Waals surface area contributed by atoms with E-state index >= 15 is 0 Å². The Labute approximate surface area is 121 Å². The van der Waals surface area contributed by atoms with Crippen LogP contribution in [0, 0.1) is 19.8 Å². The summed E-state index contributed by atoms with van der Waals surface area (Å²) in [7, 11) is 0. The Morgan fingerprint density at radius 3 is 2.40 bits per heavy atom. The average Bonchev–Trinajstić information content (AvgIpc) is 2.35. The Hall–Kier alpha value is -1.39. The summed E-state index contributed by atoms with van der Waals surface area (Å²) in [6, 6.07) is 5.74. The number of aryl methyl sites for hydroxylation is 2. The molecule has 0 aliphatic carbocycles. The predicted molar refractivity (Wildman–Crippen MR) is 79.9 cm³/mol. The standard InChI is InChI=1S/C16H25NO3/c1-11(2)9-20-10-14(18)8-17-16(19)15-12(3)6-5-7-13(15)4/h5-7,11,14,18H,8-10H2,1-4H3,(H,17,19). The van der Waals surface area contributed by atoms with Crippen LogP contribution >= 0.6 is 0 Å². The Bertz CT molecular complexity index is 423. The highest BCUT2D eigenvalue weighted by Gasteiger charge is 2.13. The van der Waals surface area contributed by atoms with Gasteiger partial charge in [0.25, 0.3) is 5.91 Å². The Morgan fingerprint density at radius 2 is 1.85 bits per heavy atom. The van der Waals surface area contributed by atoms with Gasteiger partial charge < -0.3 is 15.2 Å². The number of carbonyl (C=O) groups is 1. The lowest BCUT2D eigenvalue weighted by atomic mass is 10.0. The van der Waals surface area contributed by atoms with E-state index in [0.29, 0.717) is 18.1 Å². The SMILES string of the molecule is Cc1cccc(C)c1C(=O)NCC(O)COCC(C)C. The largest absolute Gasteiger partial charge is 0.389 e. The molecule has 1 rings (SSSR count). The highest BCUT2D eigenvalue weighted by molar-refractivity contribution is 5.97. The number of rotatable bonds is 7. The van der Waals surface area contributed by atoms with Crippen molar-refractivity contribution >= 4 is 5.91 Å². The van der Waals surface area contributed by atoms with Gasteiger partial charge >= 0.3 is 0 Å². The van der Waals surface area contributed by atoms with E-state index in [1.54, 1.807) is 0 Å². The number of ether oxygens (including phenoxy) is 1. The smallest absolute Gasteiger partial charge is 0.251 e. The molecule has 0 saturated heterocycles. The molecule has 2 N–H and O–H groups in total. The van der Waals surface area contributed by atoms with Gasteiger partial charge in [-0.25, -0.2) is 0 Å². The van der Waals surface area contributed by atoms with Crippen LogP contribution in [0.25, 0.3) is 0 Å². The first-order chi connectivity index (χ1) is 9.41. The molecule has 0 radical (unpaired) electrons. The van der Waals surface area contributed by atoms with E-state index in [2.05, 4.69) is 19.2 Å². The van der Waals surface area contributed by atoms with E-state index in [1.807, 2.05) is 32.0 Å². The van der Waals surface area contributed by atoms with Gasteiger partial charge in [0.15, 0.2) is 0 Å². The van der Waals surface area contributed by atoms with E-state index in [9.17, 15) is 9.90 Å². The molecule has 0 spiro atoms. The molecule has 20 heavy (non-hydrogen) atoms. The summed E-state index contributed by atoms with van der Waals surface area (Å²) in [5, 5.41) is 12.5. The fraction of sp³-hybridized carbons (Fsp3) is 0.562. The van der Waals surface area contributed by atoms with Crippen molar-refractivity contribution in [3.63, 3.8) is 0 Å². The number of nitrogens with one attached hydrogen (secondary N) is 1. The molecular weight excluding hydrogens is 254 g/mol. The molecule has 0 saturated carbocycles. The normalized spacial score (nSPS) is 12.5. The van der Waals surface area contributed by atoms with Crippen LogP contribution in [0.2, 0.25) is 0 Å². The van der Waals surface area contributed by atoms with E-state index < -0.39 is 6.10 Å². The minimum atomic E-state index is -0.679. The summed E-state index contributed by atoms with van der Waals surface area (Å²) in [6.07, 6.45) is -0.679. The third kappa shape index (κ3) is 5.31. The first-order valence-corrected chi connectivity index (χ1v) is 7.02. The Balaban J connectivity index is 2.43. The molecule has 1 atom stereocenters. The first kappa shape index (κ1) is 16.7. The van der Waals surface area contributed by atoms with Gasteiger partial charge in [-0.2, -0.15) is 0 Å². The van der Waals surface area contributed by atoms with E-state index in [4.69, 9.17) is 4.74 Å². The lowest BCUT2D eigenvalue weighted by Crippen LogP contribution is -2.35. The molecule has 0 aromatic heterocycles. The molecule has 0 aliphatic rings. The second-order valence-corrected chi connectivity index (χ2v) is 5.56. The Kier molecular flexibility index (Phi) is 6.68. The number of aliphatic hydroxyl groups excluding tert-OH is 1. The van der Waals surface area contributed by atoms with Gasteiger partial charge in [0, 0.05) is 18.7 Å². The van der Waals surface area contributed by atoms with Crippen LogP contribution in [0.15, 0.2) is 18.2 Å². The van der Waals surface area contributed by atoms with Crippen molar-refractivity contribution in [2.45, 2.75) is 33.8 Å². The quantitative estimate of drug-likeness (QED) is 0.803. The van der Waals surface area contributed by atoms with Gasteiger partial charge in [0.1, 0.15) is 0 Å². The summed E-state index contributed by atoms with van der Waals surface area (Å²) < 4.78 is 5.34. The lowest BCUT2D eigenvalue weighted by Gasteiger charge is -2.15. The number of benzene rings is 1. The van der Waals surface area contributed by atoms with Gasteiger partial charge in [-0.15, -0.1) is 0 Å². The van der Waals surface area contributed by atoms with Gasteiger partial charge in [0.2, 0.25) is 0 Å². The predicted octanol–water partition coefficient (Wildman–Crippen LogP) is 2.07. The second kappa shape index (κ2) is 8.02. The number of hydrogen-bond donors (Lipinski definition) is 2. The minimum absolute atomic E-state index is 0.150. The highest BCUT2D eigenvalue weighted by Crippen LogP contribution is 2.12. The zero-order valence-corrected chi connectivity index (χ0v) is 12.8. The van der Waals surface area contributed by atoms with Gasteiger partial charge in [0.05, 0.1) is 12.7 Å². The van der Waals surface area contributed by atoms with Gasteiger partial charge in [-0.3, -0.25) is 4.79 Å². The maximum atomic E-state index is 12.1. The molecule has 112 valence electrons. The molecule has 1 aromatic carbocycles. The van der Waals surface area contributed by atoms with Crippen LogP contribution in [0.1, 0.15) is 35.3 Å². The second-order valence-electron chi connectivity index (χ2n) is 5.56. The van der Waals surface area contributed by atoms with Crippen LogP contribution in [-0.4, -0.2) is 36.9 Å².